The molecule has 0 atom stereocenters. The Morgan fingerprint density at radius 2 is 1.71 bits per heavy atom. The number of hydrogen-bond donors (Lipinski definition) is 0. The van der Waals surface area contributed by atoms with Crippen molar-refractivity contribution in [3.05, 3.63) is 42.0 Å². The van der Waals surface area contributed by atoms with E-state index in [1.54, 1.807) is 7.11 Å². The van der Waals surface area contributed by atoms with Gasteiger partial charge in [-0.1, -0.05) is 57.2 Å². The Balaban J connectivity index is 2.57. The predicted octanol–water partition coefficient (Wildman–Crippen LogP) is 4.44. The van der Waals surface area contributed by atoms with Gasteiger partial charge in [0.1, 0.15) is 5.75 Å². The maximum atomic E-state index is 5.60. The van der Waals surface area contributed by atoms with Crippen molar-refractivity contribution in [1.29, 1.82) is 0 Å². The molecule has 2 rings (SSSR count). The summed E-state index contributed by atoms with van der Waals surface area (Å²) >= 11 is 0. The molecule has 1 nitrogen and oxygen atoms in total. The van der Waals surface area contributed by atoms with Crippen molar-refractivity contribution < 1.29 is 4.74 Å². The first-order valence-corrected chi connectivity index (χ1v) is 6.06. The molecule has 0 radical (unpaired) electrons. The van der Waals surface area contributed by atoms with Gasteiger partial charge < -0.3 is 4.74 Å². The molecule has 0 unspecified atom stereocenters. The van der Waals surface area contributed by atoms with Gasteiger partial charge >= 0.3 is 0 Å². The SMILES string of the molecule is COc1c(CC(C)(C)C)ccc2ccccc12. The Bertz CT molecular complexity index is 521. The number of methoxy groups -OCH3 is 1. The number of fused-ring (bicyclic) bond motifs is 1. The van der Waals surface area contributed by atoms with Crippen molar-refractivity contribution in [1.82, 2.24) is 0 Å². The third kappa shape index (κ3) is 2.60. The van der Waals surface area contributed by atoms with E-state index in [4.69, 9.17) is 4.74 Å². The van der Waals surface area contributed by atoms with Gasteiger partial charge in [-0.2, -0.15) is 0 Å². The molecule has 90 valence electrons. The van der Waals surface area contributed by atoms with Gasteiger partial charge in [0, 0.05) is 5.39 Å². The zero-order chi connectivity index (χ0) is 12.5. The van der Waals surface area contributed by atoms with E-state index in [0.717, 1.165) is 12.2 Å². The Morgan fingerprint density at radius 3 is 2.35 bits per heavy atom. The maximum Gasteiger partial charge on any atom is 0.129 e. The molecule has 0 aliphatic heterocycles. The fraction of sp³-hybridized carbons (Fsp3) is 0.375. The van der Waals surface area contributed by atoms with Gasteiger partial charge in [-0.05, 0) is 22.8 Å². The van der Waals surface area contributed by atoms with E-state index in [1.165, 1.54) is 16.3 Å². The first kappa shape index (κ1) is 12.0. The summed E-state index contributed by atoms with van der Waals surface area (Å²) in [5, 5.41) is 2.44. The second-order valence-corrected chi connectivity index (χ2v) is 5.72. The van der Waals surface area contributed by atoms with Crippen molar-refractivity contribution in [2.75, 3.05) is 7.11 Å². The Morgan fingerprint density at radius 1 is 1.00 bits per heavy atom. The molecule has 0 saturated heterocycles. The van der Waals surface area contributed by atoms with E-state index >= 15 is 0 Å². The highest BCUT2D eigenvalue weighted by Crippen LogP contribution is 2.33. The van der Waals surface area contributed by atoms with Gasteiger partial charge in [-0.15, -0.1) is 0 Å². The summed E-state index contributed by atoms with van der Waals surface area (Å²) in [6, 6.07) is 12.7. The summed E-state index contributed by atoms with van der Waals surface area (Å²) in [6.07, 6.45) is 1.03. The lowest BCUT2D eigenvalue weighted by molar-refractivity contribution is 0.382. The molecular formula is C16H20O. The highest BCUT2D eigenvalue weighted by Gasteiger charge is 2.16. The Hall–Kier alpha value is -1.50. The summed E-state index contributed by atoms with van der Waals surface area (Å²) in [7, 11) is 1.76. The lowest BCUT2D eigenvalue weighted by Gasteiger charge is -2.20. The van der Waals surface area contributed by atoms with E-state index in [2.05, 4.69) is 57.2 Å². The Kier molecular flexibility index (Phi) is 3.10. The molecule has 0 spiro atoms. The minimum atomic E-state index is 0.274. The van der Waals surface area contributed by atoms with Gasteiger partial charge in [0.05, 0.1) is 7.11 Å². The molecular weight excluding hydrogens is 208 g/mol. The van der Waals surface area contributed by atoms with Crippen molar-refractivity contribution in [3.8, 4) is 5.75 Å². The van der Waals surface area contributed by atoms with Gasteiger partial charge in [0.15, 0.2) is 0 Å². The van der Waals surface area contributed by atoms with Crippen molar-refractivity contribution in [2.24, 2.45) is 5.41 Å². The molecule has 0 aromatic heterocycles. The standard InChI is InChI=1S/C16H20O/c1-16(2,3)11-13-10-9-12-7-5-6-8-14(12)15(13)17-4/h5-10H,11H2,1-4H3. The second kappa shape index (κ2) is 4.40. The normalized spacial score (nSPS) is 11.8. The molecule has 0 amide bonds. The van der Waals surface area contributed by atoms with Crippen LogP contribution in [0.4, 0.5) is 0 Å². The molecule has 0 bridgehead atoms. The van der Waals surface area contributed by atoms with E-state index in [1.807, 2.05) is 0 Å². The van der Waals surface area contributed by atoms with Gasteiger partial charge in [0.2, 0.25) is 0 Å². The summed E-state index contributed by atoms with van der Waals surface area (Å²) in [6.45, 7) is 6.75. The highest BCUT2D eigenvalue weighted by molar-refractivity contribution is 5.89. The monoisotopic (exact) mass is 228 g/mol. The van der Waals surface area contributed by atoms with Crippen LogP contribution in [0.25, 0.3) is 10.8 Å². The van der Waals surface area contributed by atoms with Gasteiger partial charge in [0.25, 0.3) is 0 Å². The minimum absolute atomic E-state index is 0.274. The van der Waals surface area contributed by atoms with Crippen molar-refractivity contribution in [2.45, 2.75) is 27.2 Å². The number of hydrogen-bond acceptors (Lipinski definition) is 1. The predicted molar refractivity (Wildman–Crippen MR) is 73.7 cm³/mol. The highest BCUT2D eigenvalue weighted by atomic mass is 16.5. The van der Waals surface area contributed by atoms with Crippen LogP contribution in [0.3, 0.4) is 0 Å². The van der Waals surface area contributed by atoms with Crippen LogP contribution in [0.1, 0.15) is 26.3 Å². The third-order valence-electron chi connectivity index (χ3n) is 2.89. The van der Waals surface area contributed by atoms with Crippen LogP contribution in [0, 0.1) is 5.41 Å². The van der Waals surface area contributed by atoms with Crippen LogP contribution in [-0.2, 0) is 6.42 Å². The average molecular weight is 228 g/mol. The second-order valence-electron chi connectivity index (χ2n) is 5.72. The van der Waals surface area contributed by atoms with Gasteiger partial charge in [-0.25, -0.2) is 0 Å². The third-order valence-corrected chi connectivity index (χ3v) is 2.89. The Labute approximate surface area is 103 Å². The lowest BCUT2D eigenvalue weighted by Crippen LogP contribution is -2.10. The van der Waals surface area contributed by atoms with Crippen LogP contribution in [-0.4, -0.2) is 7.11 Å². The molecule has 0 aliphatic carbocycles. The zero-order valence-corrected chi connectivity index (χ0v) is 11.1. The first-order valence-electron chi connectivity index (χ1n) is 6.06. The minimum Gasteiger partial charge on any atom is -0.496 e. The largest absolute Gasteiger partial charge is 0.496 e. The van der Waals surface area contributed by atoms with Crippen LogP contribution < -0.4 is 4.74 Å². The molecule has 2 aromatic rings. The smallest absolute Gasteiger partial charge is 0.129 e. The number of ether oxygens (including phenoxy) is 1. The molecule has 0 aliphatic rings. The summed E-state index contributed by atoms with van der Waals surface area (Å²) in [5.74, 6) is 1.03. The maximum absolute atomic E-state index is 5.60. The van der Waals surface area contributed by atoms with Crippen LogP contribution in [0.15, 0.2) is 36.4 Å². The van der Waals surface area contributed by atoms with Crippen LogP contribution in [0.5, 0.6) is 5.75 Å². The molecule has 1 heteroatoms. The van der Waals surface area contributed by atoms with Crippen LogP contribution >= 0.6 is 0 Å². The number of benzene rings is 2. The molecule has 2 aromatic carbocycles. The van der Waals surface area contributed by atoms with E-state index in [-0.39, 0.29) is 5.41 Å². The molecule has 0 fully saturated rings. The summed E-state index contributed by atoms with van der Waals surface area (Å²) < 4.78 is 5.60. The topological polar surface area (TPSA) is 9.23 Å². The summed E-state index contributed by atoms with van der Waals surface area (Å²) in [4.78, 5) is 0. The van der Waals surface area contributed by atoms with Gasteiger partial charge in [-0.3, -0.25) is 0 Å². The number of rotatable bonds is 2. The summed E-state index contributed by atoms with van der Waals surface area (Å²) in [5.41, 5.74) is 1.56. The molecule has 17 heavy (non-hydrogen) atoms. The average Bonchev–Trinajstić information content (AvgIpc) is 2.27. The zero-order valence-electron chi connectivity index (χ0n) is 11.1. The van der Waals surface area contributed by atoms with E-state index in [0.29, 0.717) is 0 Å². The van der Waals surface area contributed by atoms with E-state index in [9.17, 15) is 0 Å². The van der Waals surface area contributed by atoms with Crippen LogP contribution in [0.2, 0.25) is 0 Å². The molecule has 0 N–H and O–H groups in total. The molecule has 0 saturated carbocycles. The van der Waals surface area contributed by atoms with Crippen molar-refractivity contribution >= 4 is 10.8 Å². The first-order chi connectivity index (χ1) is 8.01. The quantitative estimate of drug-likeness (QED) is 0.738. The van der Waals surface area contributed by atoms with Crippen molar-refractivity contribution in [3.63, 3.8) is 0 Å². The fourth-order valence-electron chi connectivity index (χ4n) is 2.24. The molecule has 0 heterocycles. The fourth-order valence-corrected chi connectivity index (χ4v) is 2.24. The van der Waals surface area contributed by atoms with E-state index < -0.39 is 0 Å². The lowest BCUT2D eigenvalue weighted by atomic mass is 9.87.